The highest BCUT2D eigenvalue weighted by Gasteiger charge is 2.36. The van der Waals surface area contributed by atoms with Crippen LogP contribution in [0.2, 0.25) is 0 Å². The summed E-state index contributed by atoms with van der Waals surface area (Å²) in [7, 11) is 0. The molecular formula is C9H17NO. The summed E-state index contributed by atoms with van der Waals surface area (Å²) in [5.41, 5.74) is 0.542. The second kappa shape index (κ2) is 3.11. The molecule has 2 heteroatoms. The molecule has 64 valence electrons. The summed E-state index contributed by atoms with van der Waals surface area (Å²) in [6, 6.07) is 0. The summed E-state index contributed by atoms with van der Waals surface area (Å²) in [4.78, 5) is 0. The maximum Gasteiger partial charge on any atom is 0.0546 e. The van der Waals surface area contributed by atoms with Crippen LogP contribution in [0.1, 0.15) is 25.7 Å². The highest BCUT2D eigenvalue weighted by molar-refractivity contribution is 4.92. The number of rotatable bonds is 0. The summed E-state index contributed by atoms with van der Waals surface area (Å²) >= 11 is 0. The van der Waals surface area contributed by atoms with Crippen molar-refractivity contribution >= 4 is 0 Å². The Hall–Kier alpha value is -0.0800. The monoisotopic (exact) mass is 155 g/mol. The molecule has 2 aliphatic rings. The normalized spacial score (nSPS) is 30.5. The molecule has 2 heterocycles. The minimum Gasteiger partial charge on any atom is -0.381 e. The summed E-state index contributed by atoms with van der Waals surface area (Å²) in [5, 5.41) is 3.34. The zero-order chi connectivity index (χ0) is 7.57. The van der Waals surface area contributed by atoms with Gasteiger partial charge in [0, 0.05) is 25.1 Å². The SMILES string of the molecule is C1CCOCC2(CC1)CNC2. The van der Waals surface area contributed by atoms with Gasteiger partial charge in [-0.25, -0.2) is 0 Å². The van der Waals surface area contributed by atoms with Gasteiger partial charge in [-0.1, -0.05) is 12.8 Å². The van der Waals surface area contributed by atoms with E-state index in [2.05, 4.69) is 5.32 Å². The van der Waals surface area contributed by atoms with Crippen LogP contribution in [0, 0.1) is 5.41 Å². The molecule has 0 aromatic heterocycles. The summed E-state index contributed by atoms with van der Waals surface area (Å²) in [6.45, 7) is 4.36. The quantitative estimate of drug-likeness (QED) is 0.567. The fourth-order valence-electron chi connectivity index (χ4n) is 2.00. The van der Waals surface area contributed by atoms with E-state index >= 15 is 0 Å². The molecular weight excluding hydrogens is 138 g/mol. The second-order valence-corrected chi connectivity index (χ2v) is 3.97. The topological polar surface area (TPSA) is 21.3 Å². The molecule has 0 radical (unpaired) electrons. The molecule has 2 saturated heterocycles. The van der Waals surface area contributed by atoms with Crippen LogP contribution in [0.25, 0.3) is 0 Å². The fourth-order valence-corrected chi connectivity index (χ4v) is 2.00. The lowest BCUT2D eigenvalue weighted by Crippen LogP contribution is -2.56. The number of ether oxygens (including phenoxy) is 1. The van der Waals surface area contributed by atoms with E-state index < -0.39 is 0 Å². The first-order valence-electron chi connectivity index (χ1n) is 4.70. The van der Waals surface area contributed by atoms with E-state index in [1.807, 2.05) is 0 Å². The summed E-state index contributed by atoms with van der Waals surface area (Å²) in [5.74, 6) is 0. The minimum absolute atomic E-state index is 0.542. The van der Waals surface area contributed by atoms with Crippen LogP contribution in [0.3, 0.4) is 0 Å². The van der Waals surface area contributed by atoms with Crippen LogP contribution < -0.4 is 5.32 Å². The van der Waals surface area contributed by atoms with Gasteiger partial charge in [-0.3, -0.25) is 0 Å². The Kier molecular flexibility index (Phi) is 2.14. The highest BCUT2D eigenvalue weighted by atomic mass is 16.5. The standard InChI is InChI=1S/C9H17NO/c1-2-4-9(6-10-7-9)8-11-5-3-1/h10H,1-8H2. The van der Waals surface area contributed by atoms with Crippen molar-refractivity contribution in [1.82, 2.24) is 5.32 Å². The summed E-state index contributed by atoms with van der Waals surface area (Å²) < 4.78 is 5.59. The van der Waals surface area contributed by atoms with Crippen molar-refractivity contribution in [2.75, 3.05) is 26.3 Å². The van der Waals surface area contributed by atoms with Gasteiger partial charge < -0.3 is 10.1 Å². The molecule has 2 aliphatic heterocycles. The third-order valence-electron chi connectivity index (χ3n) is 2.90. The molecule has 2 rings (SSSR count). The molecule has 1 N–H and O–H groups in total. The smallest absolute Gasteiger partial charge is 0.0546 e. The maximum atomic E-state index is 5.59. The van der Waals surface area contributed by atoms with Crippen molar-refractivity contribution in [3.8, 4) is 0 Å². The van der Waals surface area contributed by atoms with Crippen molar-refractivity contribution in [3.05, 3.63) is 0 Å². The lowest BCUT2D eigenvalue weighted by atomic mass is 9.77. The molecule has 0 amide bonds. The number of hydrogen-bond acceptors (Lipinski definition) is 2. The van der Waals surface area contributed by atoms with Gasteiger partial charge in [0.15, 0.2) is 0 Å². The Bertz CT molecular complexity index is 122. The van der Waals surface area contributed by atoms with E-state index in [9.17, 15) is 0 Å². The van der Waals surface area contributed by atoms with Crippen LogP contribution in [-0.2, 0) is 4.74 Å². The molecule has 2 fully saturated rings. The molecule has 0 aromatic rings. The van der Waals surface area contributed by atoms with E-state index in [1.54, 1.807) is 0 Å². The van der Waals surface area contributed by atoms with Gasteiger partial charge in [0.05, 0.1) is 6.61 Å². The number of nitrogens with one attached hydrogen (secondary N) is 1. The zero-order valence-electron chi connectivity index (χ0n) is 7.07. The van der Waals surface area contributed by atoms with Crippen LogP contribution in [0.4, 0.5) is 0 Å². The van der Waals surface area contributed by atoms with Gasteiger partial charge in [0.2, 0.25) is 0 Å². The molecule has 0 atom stereocenters. The predicted octanol–water partition coefficient (Wildman–Crippen LogP) is 1.17. The fraction of sp³-hybridized carbons (Fsp3) is 1.00. The van der Waals surface area contributed by atoms with Gasteiger partial charge in [0.1, 0.15) is 0 Å². The third-order valence-corrected chi connectivity index (χ3v) is 2.90. The third kappa shape index (κ3) is 1.57. The van der Waals surface area contributed by atoms with Crippen LogP contribution in [0.15, 0.2) is 0 Å². The van der Waals surface area contributed by atoms with Crippen molar-refractivity contribution in [2.45, 2.75) is 25.7 Å². The first-order chi connectivity index (χ1) is 5.41. The maximum absolute atomic E-state index is 5.59. The van der Waals surface area contributed by atoms with Crippen molar-refractivity contribution in [3.63, 3.8) is 0 Å². The predicted molar refractivity (Wildman–Crippen MR) is 44.6 cm³/mol. The molecule has 2 nitrogen and oxygen atoms in total. The first-order valence-corrected chi connectivity index (χ1v) is 4.70. The van der Waals surface area contributed by atoms with E-state index in [-0.39, 0.29) is 0 Å². The second-order valence-electron chi connectivity index (χ2n) is 3.97. The van der Waals surface area contributed by atoms with E-state index in [0.29, 0.717) is 5.41 Å². The number of hydrogen-bond donors (Lipinski definition) is 1. The highest BCUT2D eigenvalue weighted by Crippen LogP contribution is 2.31. The lowest BCUT2D eigenvalue weighted by Gasteiger charge is -2.43. The van der Waals surface area contributed by atoms with Crippen molar-refractivity contribution < 1.29 is 4.74 Å². The van der Waals surface area contributed by atoms with E-state index in [4.69, 9.17) is 4.74 Å². The Morgan fingerprint density at radius 3 is 2.73 bits per heavy atom. The lowest BCUT2D eigenvalue weighted by molar-refractivity contribution is -0.00821. The minimum atomic E-state index is 0.542. The van der Waals surface area contributed by atoms with Crippen LogP contribution in [-0.4, -0.2) is 26.3 Å². The first kappa shape index (κ1) is 7.56. The van der Waals surface area contributed by atoms with E-state index in [1.165, 1.54) is 38.8 Å². The van der Waals surface area contributed by atoms with E-state index in [0.717, 1.165) is 13.2 Å². The Morgan fingerprint density at radius 2 is 2.00 bits per heavy atom. The molecule has 0 aromatic carbocycles. The largest absolute Gasteiger partial charge is 0.381 e. The Labute approximate surface area is 68.3 Å². The molecule has 0 unspecified atom stereocenters. The van der Waals surface area contributed by atoms with Gasteiger partial charge in [-0.2, -0.15) is 0 Å². The van der Waals surface area contributed by atoms with Gasteiger partial charge in [-0.15, -0.1) is 0 Å². The van der Waals surface area contributed by atoms with Gasteiger partial charge in [0.25, 0.3) is 0 Å². The molecule has 0 saturated carbocycles. The average molecular weight is 155 g/mol. The molecule has 0 aliphatic carbocycles. The molecule has 1 spiro atoms. The van der Waals surface area contributed by atoms with Crippen LogP contribution in [0.5, 0.6) is 0 Å². The Balaban J connectivity index is 1.86. The Morgan fingerprint density at radius 1 is 1.09 bits per heavy atom. The van der Waals surface area contributed by atoms with Gasteiger partial charge in [-0.05, 0) is 12.8 Å². The molecule has 11 heavy (non-hydrogen) atoms. The van der Waals surface area contributed by atoms with Crippen LogP contribution >= 0.6 is 0 Å². The van der Waals surface area contributed by atoms with Crippen molar-refractivity contribution in [2.24, 2.45) is 5.41 Å². The zero-order valence-corrected chi connectivity index (χ0v) is 7.07. The van der Waals surface area contributed by atoms with Gasteiger partial charge >= 0.3 is 0 Å². The average Bonchev–Trinajstić information content (AvgIpc) is 1.82. The molecule has 0 bridgehead atoms. The summed E-state index contributed by atoms with van der Waals surface area (Å²) in [6.07, 6.45) is 5.41. The van der Waals surface area contributed by atoms with Crippen molar-refractivity contribution in [1.29, 1.82) is 0 Å².